The smallest absolute Gasteiger partial charge is 0.328 e. The fraction of sp³-hybridized carbons (Fsp3) is 0. The molecule has 8 nitrogen and oxygen atoms in total. The van der Waals surface area contributed by atoms with E-state index in [-0.39, 0.29) is 0 Å². The molecule has 0 spiro atoms. The van der Waals surface area contributed by atoms with Crippen LogP contribution in [0.1, 0.15) is 11.4 Å². The summed E-state index contributed by atoms with van der Waals surface area (Å²) in [5.74, 6) is -1.27. The van der Waals surface area contributed by atoms with Gasteiger partial charge in [-0.05, 0) is 12.2 Å². The zero-order chi connectivity index (χ0) is 14.5. The predicted molar refractivity (Wildman–Crippen MR) is 69.5 cm³/mol. The van der Waals surface area contributed by atoms with E-state index in [1.54, 1.807) is 0 Å². The summed E-state index contributed by atoms with van der Waals surface area (Å²) in [7, 11) is 0. The summed E-state index contributed by atoms with van der Waals surface area (Å²) in [6, 6.07) is 0. The van der Waals surface area contributed by atoms with Crippen LogP contribution in [0.2, 0.25) is 0 Å². The van der Waals surface area contributed by atoms with Crippen molar-refractivity contribution in [2.45, 2.75) is 0 Å². The quantitative estimate of drug-likeness (QED) is 0.601. The van der Waals surface area contributed by atoms with E-state index in [0.29, 0.717) is 23.0 Å². The molecule has 102 valence electrons. The van der Waals surface area contributed by atoms with Crippen molar-refractivity contribution < 1.29 is 19.8 Å². The Balaban J connectivity index is 2.16. The molecule has 2 aromatic heterocycles. The molecule has 2 aromatic rings. The zero-order valence-corrected chi connectivity index (χ0v) is 10.1. The number of hydrogen-bond acceptors (Lipinski definition) is 4. The molecule has 20 heavy (non-hydrogen) atoms. The van der Waals surface area contributed by atoms with Crippen LogP contribution in [0.25, 0.3) is 23.8 Å². The first-order valence-corrected chi connectivity index (χ1v) is 5.47. The molecule has 0 radical (unpaired) electrons. The Morgan fingerprint density at radius 1 is 0.900 bits per heavy atom. The lowest BCUT2D eigenvalue weighted by molar-refractivity contribution is -0.132. The van der Waals surface area contributed by atoms with Gasteiger partial charge in [0.25, 0.3) is 0 Å². The molecule has 0 aliphatic rings. The number of aromatic amines is 2. The van der Waals surface area contributed by atoms with Crippen LogP contribution in [0.5, 0.6) is 0 Å². The topological polar surface area (TPSA) is 132 Å². The van der Waals surface area contributed by atoms with Gasteiger partial charge in [0.15, 0.2) is 11.6 Å². The minimum atomic E-state index is -1.06. The average Bonchev–Trinajstić information content (AvgIpc) is 3.02. The second kappa shape index (κ2) is 5.65. The van der Waals surface area contributed by atoms with Gasteiger partial charge in [0.1, 0.15) is 0 Å². The molecule has 0 fully saturated rings. The molecule has 0 unspecified atom stereocenters. The van der Waals surface area contributed by atoms with Crippen LogP contribution < -0.4 is 0 Å². The minimum absolute atomic E-state index is 0.421. The Morgan fingerprint density at radius 3 is 1.65 bits per heavy atom. The number of carbonyl (C=O) groups is 2. The van der Waals surface area contributed by atoms with Crippen molar-refractivity contribution in [3.63, 3.8) is 0 Å². The fourth-order valence-electron chi connectivity index (χ4n) is 1.40. The maximum Gasteiger partial charge on any atom is 0.328 e. The van der Waals surface area contributed by atoms with E-state index in [2.05, 4.69) is 19.9 Å². The van der Waals surface area contributed by atoms with Crippen LogP contribution in [0.3, 0.4) is 0 Å². The van der Waals surface area contributed by atoms with Gasteiger partial charge in [-0.3, -0.25) is 0 Å². The normalized spacial score (nSPS) is 11.4. The molecule has 0 aliphatic heterocycles. The molecule has 0 aliphatic carbocycles. The van der Waals surface area contributed by atoms with Gasteiger partial charge in [-0.2, -0.15) is 0 Å². The SMILES string of the molecule is O=C(O)/C=C/c1cnc(-c2ncc(/C=C/C(=O)O)[nH]2)[nH]1. The molecule has 2 heterocycles. The lowest BCUT2D eigenvalue weighted by Gasteiger charge is -1.89. The zero-order valence-electron chi connectivity index (χ0n) is 10.1. The molecule has 2 rings (SSSR count). The van der Waals surface area contributed by atoms with E-state index in [1.165, 1.54) is 24.5 Å². The van der Waals surface area contributed by atoms with Gasteiger partial charge in [0.05, 0.1) is 23.8 Å². The number of rotatable bonds is 5. The summed E-state index contributed by atoms with van der Waals surface area (Å²) in [6.07, 6.45) is 7.63. The van der Waals surface area contributed by atoms with E-state index in [4.69, 9.17) is 10.2 Å². The molecule has 0 bridgehead atoms. The van der Waals surface area contributed by atoms with Crippen molar-refractivity contribution in [3.8, 4) is 11.6 Å². The maximum absolute atomic E-state index is 10.4. The first kappa shape index (κ1) is 13.3. The van der Waals surface area contributed by atoms with Gasteiger partial charge in [0.2, 0.25) is 0 Å². The molecular formula is C12H10N4O4. The van der Waals surface area contributed by atoms with Gasteiger partial charge >= 0.3 is 11.9 Å². The fourth-order valence-corrected chi connectivity index (χ4v) is 1.40. The first-order valence-electron chi connectivity index (χ1n) is 5.47. The van der Waals surface area contributed by atoms with Crippen molar-refractivity contribution in [1.82, 2.24) is 19.9 Å². The summed E-state index contributed by atoms with van der Waals surface area (Å²) in [5.41, 5.74) is 1.03. The molecule has 0 saturated carbocycles. The third-order valence-corrected chi connectivity index (χ3v) is 2.23. The summed E-state index contributed by atoms with van der Waals surface area (Å²) < 4.78 is 0. The van der Waals surface area contributed by atoms with E-state index < -0.39 is 11.9 Å². The number of imidazole rings is 2. The van der Waals surface area contributed by atoms with Crippen LogP contribution in [0.4, 0.5) is 0 Å². The Bertz CT molecular complexity index is 636. The van der Waals surface area contributed by atoms with Crippen LogP contribution >= 0.6 is 0 Å². The third kappa shape index (κ3) is 3.42. The highest BCUT2D eigenvalue weighted by Gasteiger charge is 2.06. The van der Waals surface area contributed by atoms with Crippen molar-refractivity contribution >= 4 is 24.1 Å². The van der Waals surface area contributed by atoms with Crippen molar-refractivity contribution in [2.75, 3.05) is 0 Å². The van der Waals surface area contributed by atoms with Crippen molar-refractivity contribution in [3.05, 3.63) is 35.9 Å². The summed E-state index contributed by atoms with van der Waals surface area (Å²) in [4.78, 5) is 34.6. The van der Waals surface area contributed by atoms with Gasteiger partial charge in [0, 0.05) is 12.2 Å². The summed E-state index contributed by atoms with van der Waals surface area (Å²) >= 11 is 0. The van der Waals surface area contributed by atoms with E-state index >= 15 is 0 Å². The Morgan fingerprint density at radius 2 is 1.30 bits per heavy atom. The first-order chi connectivity index (χ1) is 9.54. The van der Waals surface area contributed by atoms with Crippen LogP contribution in [-0.2, 0) is 9.59 Å². The van der Waals surface area contributed by atoms with Crippen LogP contribution in [0, 0.1) is 0 Å². The number of nitrogens with one attached hydrogen (secondary N) is 2. The largest absolute Gasteiger partial charge is 0.478 e. The number of H-pyrrole nitrogens is 2. The molecule has 4 N–H and O–H groups in total. The third-order valence-electron chi connectivity index (χ3n) is 2.23. The van der Waals surface area contributed by atoms with Gasteiger partial charge in [-0.1, -0.05) is 0 Å². The molecule has 0 aromatic carbocycles. The van der Waals surface area contributed by atoms with Crippen LogP contribution in [0.15, 0.2) is 24.5 Å². The highest BCUT2D eigenvalue weighted by atomic mass is 16.4. The molecular weight excluding hydrogens is 264 g/mol. The average molecular weight is 274 g/mol. The van der Waals surface area contributed by atoms with E-state index in [1.807, 2.05) is 0 Å². The second-order valence-corrected chi connectivity index (χ2v) is 3.72. The summed E-state index contributed by atoms with van der Waals surface area (Å²) in [6.45, 7) is 0. The van der Waals surface area contributed by atoms with Gasteiger partial charge in [-0.25, -0.2) is 19.6 Å². The monoisotopic (exact) mass is 274 g/mol. The van der Waals surface area contributed by atoms with Gasteiger partial charge < -0.3 is 20.2 Å². The molecule has 0 atom stereocenters. The van der Waals surface area contributed by atoms with Gasteiger partial charge in [-0.15, -0.1) is 0 Å². The summed E-state index contributed by atoms with van der Waals surface area (Å²) in [5, 5.41) is 17.0. The highest BCUT2D eigenvalue weighted by molar-refractivity contribution is 5.85. The van der Waals surface area contributed by atoms with E-state index in [0.717, 1.165) is 12.2 Å². The Labute approximate surface area is 112 Å². The highest BCUT2D eigenvalue weighted by Crippen LogP contribution is 2.13. The predicted octanol–water partition coefficient (Wildman–Crippen LogP) is 0.995. The van der Waals surface area contributed by atoms with Crippen LogP contribution in [-0.4, -0.2) is 42.1 Å². The standard InChI is InChI=1S/C12H10N4O4/c17-9(18)3-1-7-5-13-11(15-7)12-14-6-8(16-12)2-4-10(19)20/h1-6H,(H,13,15)(H,14,16)(H,17,18)(H,19,20)/b3-1+,4-2+. The Kier molecular flexibility index (Phi) is 3.75. The molecule has 0 amide bonds. The number of aliphatic carboxylic acids is 2. The number of carboxylic acid groups (broad SMARTS) is 2. The maximum atomic E-state index is 10.4. The minimum Gasteiger partial charge on any atom is -0.478 e. The number of carboxylic acids is 2. The number of hydrogen-bond donors (Lipinski definition) is 4. The van der Waals surface area contributed by atoms with Crippen molar-refractivity contribution in [2.24, 2.45) is 0 Å². The molecule has 8 heteroatoms. The second-order valence-electron chi connectivity index (χ2n) is 3.72. The number of nitrogens with zero attached hydrogens (tertiary/aromatic N) is 2. The number of aromatic nitrogens is 4. The Hall–Kier alpha value is -3.16. The molecule has 0 saturated heterocycles. The van der Waals surface area contributed by atoms with Crippen molar-refractivity contribution in [1.29, 1.82) is 0 Å². The van der Waals surface area contributed by atoms with E-state index in [9.17, 15) is 9.59 Å². The lowest BCUT2D eigenvalue weighted by atomic mass is 10.4. The lowest BCUT2D eigenvalue weighted by Crippen LogP contribution is -1.87.